The van der Waals surface area contributed by atoms with Crippen LogP contribution in [0.4, 0.5) is 0 Å². The third-order valence-corrected chi connectivity index (χ3v) is 4.57. The molecule has 0 saturated carbocycles. The first-order chi connectivity index (χ1) is 10.3. The number of carbonyl (C=O) groups excluding carboxylic acids is 1. The molecule has 0 aromatic heterocycles. The van der Waals surface area contributed by atoms with Crippen molar-refractivity contribution in [2.24, 2.45) is 0 Å². The highest BCUT2D eigenvalue weighted by Crippen LogP contribution is 2.25. The van der Waals surface area contributed by atoms with E-state index in [1.807, 2.05) is 35.2 Å². The van der Waals surface area contributed by atoms with Crippen LogP contribution in [0, 0.1) is 0 Å². The fourth-order valence-electron chi connectivity index (χ4n) is 3.26. The van der Waals surface area contributed by atoms with Gasteiger partial charge in [0.2, 0.25) is 0 Å². The first-order valence-corrected chi connectivity index (χ1v) is 8.19. The number of amides is 1. The maximum absolute atomic E-state index is 13.0. The predicted octanol–water partition coefficient (Wildman–Crippen LogP) is 4.46. The van der Waals surface area contributed by atoms with E-state index < -0.39 is 0 Å². The maximum Gasteiger partial charge on any atom is 0.254 e. The van der Waals surface area contributed by atoms with E-state index in [4.69, 9.17) is 11.6 Å². The lowest BCUT2D eigenvalue weighted by molar-refractivity contribution is 0.0611. The van der Waals surface area contributed by atoms with Crippen molar-refractivity contribution in [3.63, 3.8) is 0 Å². The lowest BCUT2D eigenvalue weighted by Gasteiger charge is -2.36. The molecular formula is C18H20ClNO. The second kappa shape index (κ2) is 6.48. The van der Waals surface area contributed by atoms with Crippen molar-refractivity contribution in [1.82, 2.24) is 4.90 Å². The van der Waals surface area contributed by atoms with E-state index in [-0.39, 0.29) is 5.91 Å². The molecule has 1 saturated heterocycles. The van der Waals surface area contributed by atoms with Crippen molar-refractivity contribution in [1.29, 1.82) is 0 Å². The fraction of sp³-hybridized carbons (Fsp3) is 0.389. The summed E-state index contributed by atoms with van der Waals surface area (Å²) in [5, 5.41) is 2.16. The van der Waals surface area contributed by atoms with Gasteiger partial charge in [-0.25, -0.2) is 0 Å². The number of piperidine rings is 1. The van der Waals surface area contributed by atoms with Crippen molar-refractivity contribution < 1.29 is 4.79 Å². The van der Waals surface area contributed by atoms with Crippen LogP contribution in [0.3, 0.4) is 0 Å². The summed E-state index contributed by atoms with van der Waals surface area (Å²) in [6.07, 6.45) is 4.25. The number of nitrogens with zero attached hydrogens (tertiary/aromatic N) is 1. The molecule has 1 amide bonds. The number of benzene rings is 2. The van der Waals surface area contributed by atoms with Crippen molar-refractivity contribution >= 4 is 28.3 Å². The summed E-state index contributed by atoms with van der Waals surface area (Å²) in [6, 6.07) is 14.3. The van der Waals surface area contributed by atoms with Crippen LogP contribution in [0.2, 0.25) is 0 Å². The summed E-state index contributed by atoms with van der Waals surface area (Å²) in [4.78, 5) is 15.0. The largest absolute Gasteiger partial charge is 0.336 e. The lowest BCUT2D eigenvalue weighted by Crippen LogP contribution is -2.44. The molecule has 0 spiro atoms. The summed E-state index contributed by atoms with van der Waals surface area (Å²) in [5.41, 5.74) is 0.814. The lowest BCUT2D eigenvalue weighted by atomic mass is 9.97. The van der Waals surface area contributed by atoms with Crippen LogP contribution >= 0.6 is 11.6 Å². The number of hydrogen-bond acceptors (Lipinski definition) is 1. The first kappa shape index (κ1) is 14.4. The summed E-state index contributed by atoms with van der Waals surface area (Å²) in [6.45, 7) is 0.851. The highest BCUT2D eigenvalue weighted by Gasteiger charge is 2.27. The van der Waals surface area contributed by atoms with Gasteiger partial charge in [0, 0.05) is 24.0 Å². The Labute approximate surface area is 130 Å². The van der Waals surface area contributed by atoms with Crippen molar-refractivity contribution in [2.45, 2.75) is 31.7 Å². The van der Waals surface area contributed by atoms with Gasteiger partial charge in [-0.05, 0) is 42.5 Å². The highest BCUT2D eigenvalue weighted by molar-refractivity contribution is 6.17. The van der Waals surface area contributed by atoms with E-state index in [0.29, 0.717) is 11.9 Å². The number of hydrogen-bond donors (Lipinski definition) is 0. The molecule has 0 N–H and O–H groups in total. The molecule has 1 unspecified atom stereocenters. The minimum absolute atomic E-state index is 0.154. The molecule has 1 aliphatic rings. The van der Waals surface area contributed by atoms with Crippen LogP contribution in [0.5, 0.6) is 0 Å². The van der Waals surface area contributed by atoms with Crippen LogP contribution in [0.1, 0.15) is 36.0 Å². The minimum Gasteiger partial charge on any atom is -0.336 e. The Morgan fingerprint density at radius 2 is 1.95 bits per heavy atom. The first-order valence-electron chi connectivity index (χ1n) is 7.66. The third kappa shape index (κ3) is 2.91. The third-order valence-electron chi connectivity index (χ3n) is 4.35. The number of rotatable bonds is 3. The summed E-state index contributed by atoms with van der Waals surface area (Å²) >= 11 is 5.91. The molecule has 1 aliphatic heterocycles. The molecule has 1 heterocycles. The van der Waals surface area contributed by atoms with E-state index in [1.165, 1.54) is 6.42 Å². The average Bonchev–Trinajstić information content (AvgIpc) is 2.54. The average molecular weight is 302 g/mol. The van der Waals surface area contributed by atoms with Gasteiger partial charge in [0.1, 0.15) is 0 Å². The number of carbonyl (C=O) groups is 1. The molecule has 2 aromatic carbocycles. The van der Waals surface area contributed by atoms with Crippen LogP contribution in [-0.2, 0) is 0 Å². The molecule has 1 atom stereocenters. The highest BCUT2D eigenvalue weighted by atomic mass is 35.5. The van der Waals surface area contributed by atoms with Gasteiger partial charge in [-0.2, -0.15) is 0 Å². The monoisotopic (exact) mass is 301 g/mol. The number of fused-ring (bicyclic) bond motifs is 1. The Kier molecular flexibility index (Phi) is 4.45. The van der Waals surface area contributed by atoms with Gasteiger partial charge in [0.25, 0.3) is 5.91 Å². The Morgan fingerprint density at radius 1 is 1.14 bits per heavy atom. The van der Waals surface area contributed by atoms with E-state index in [2.05, 4.69) is 12.1 Å². The Hall–Kier alpha value is -1.54. The van der Waals surface area contributed by atoms with Crippen LogP contribution in [0.25, 0.3) is 10.8 Å². The second-order valence-electron chi connectivity index (χ2n) is 5.65. The van der Waals surface area contributed by atoms with Gasteiger partial charge in [-0.1, -0.05) is 36.4 Å². The quantitative estimate of drug-likeness (QED) is 0.766. The summed E-state index contributed by atoms with van der Waals surface area (Å²) < 4.78 is 0. The van der Waals surface area contributed by atoms with E-state index in [1.54, 1.807) is 0 Å². The van der Waals surface area contributed by atoms with Crippen LogP contribution in [0.15, 0.2) is 42.5 Å². The Balaban J connectivity index is 1.95. The molecule has 2 aromatic rings. The topological polar surface area (TPSA) is 20.3 Å². The summed E-state index contributed by atoms with van der Waals surface area (Å²) in [5.74, 6) is 0.769. The van der Waals surface area contributed by atoms with Crippen molar-refractivity contribution in [3.05, 3.63) is 48.0 Å². The molecular weight excluding hydrogens is 282 g/mol. The predicted molar refractivity (Wildman–Crippen MR) is 88.0 cm³/mol. The smallest absolute Gasteiger partial charge is 0.254 e. The minimum atomic E-state index is 0.154. The number of alkyl halides is 1. The maximum atomic E-state index is 13.0. The van der Waals surface area contributed by atoms with Crippen LogP contribution in [-0.4, -0.2) is 29.3 Å². The zero-order valence-electron chi connectivity index (χ0n) is 12.1. The molecule has 3 rings (SSSR count). The van der Waals surface area contributed by atoms with E-state index >= 15 is 0 Å². The van der Waals surface area contributed by atoms with E-state index in [9.17, 15) is 4.79 Å². The zero-order chi connectivity index (χ0) is 14.7. The Bertz CT molecular complexity index is 633. The standard InChI is InChI=1S/C18H20ClNO/c19-12-11-15-8-3-4-13-20(15)18(21)17-10-5-7-14-6-1-2-9-16(14)17/h1-2,5-7,9-10,15H,3-4,8,11-13H2. The van der Waals surface area contributed by atoms with E-state index in [0.717, 1.165) is 42.1 Å². The molecule has 0 bridgehead atoms. The molecule has 0 radical (unpaired) electrons. The van der Waals surface area contributed by atoms with Gasteiger partial charge in [0.15, 0.2) is 0 Å². The van der Waals surface area contributed by atoms with Crippen molar-refractivity contribution in [2.75, 3.05) is 12.4 Å². The van der Waals surface area contributed by atoms with Gasteiger partial charge in [0.05, 0.1) is 0 Å². The van der Waals surface area contributed by atoms with Gasteiger partial charge in [-0.3, -0.25) is 4.79 Å². The molecule has 2 nitrogen and oxygen atoms in total. The van der Waals surface area contributed by atoms with Gasteiger partial charge < -0.3 is 4.90 Å². The van der Waals surface area contributed by atoms with Crippen molar-refractivity contribution in [3.8, 4) is 0 Å². The molecule has 110 valence electrons. The molecule has 3 heteroatoms. The Morgan fingerprint density at radius 3 is 2.81 bits per heavy atom. The number of halogens is 1. The normalized spacial score (nSPS) is 18.9. The van der Waals surface area contributed by atoms with Gasteiger partial charge >= 0.3 is 0 Å². The zero-order valence-corrected chi connectivity index (χ0v) is 12.9. The fourth-order valence-corrected chi connectivity index (χ4v) is 3.51. The van der Waals surface area contributed by atoms with Gasteiger partial charge in [-0.15, -0.1) is 11.6 Å². The molecule has 21 heavy (non-hydrogen) atoms. The SMILES string of the molecule is O=C(c1cccc2ccccc12)N1CCCCC1CCCl. The molecule has 0 aliphatic carbocycles. The van der Waals surface area contributed by atoms with Crippen LogP contribution < -0.4 is 0 Å². The second-order valence-corrected chi connectivity index (χ2v) is 6.03. The number of likely N-dealkylation sites (tertiary alicyclic amines) is 1. The summed E-state index contributed by atoms with van der Waals surface area (Å²) in [7, 11) is 0. The molecule has 1 fully saturated rings.